The van der Waals surface area contributed by atoms with Crippen LogP contribution in [-0.2, 0) is 9.53 Å². The van der Waals surface area contributed by atoms with Crippen molar-refractivity contribution in [3.05, 3.63) is 0 Å². The van der Waals surface area contributed by atoms with Crippen LogP contribution in [-0.4, -0.2) is 72.2 Å². The number of urea groups is 1. The maximum atomic E-state index is 12.3. The van der Waals surface area contributed by atoms with E-state index in [9.17, 15) is 14.4 Å². The zero-order valence-electron chi connectivity index (χ0n) is 15.5. The van der Waals surface area contributed by atoms with Crippen molar-refractivity contribution >= 4 is 18.0 Å². The SMILES string of the molecule is CC(C)(C)OC(=O)NC1CCCN(C(=O)NCC(=O)N2CCCC2)C1. The third kappa shape index (κ3) is 6.43. The molecular weight excluding hydrogens is 324 g/mol. The summed E-state index contributed by atoms with van der Waals surface area (Å²) in [6.07, 6.45) is 3.20. The summed E-state index contributed by atoms with van der Waals surface area (Å²) in [4.78, 5) is 39.6. The van der Waals surface area contributed by atoms with Gasteiger partial charge in [-0.1, -0.05) is 0 Å². The monoisotopic (exact) mass is 354 g/mol. The number of piperidine rings is 1. The molecule has 1 atom stereocenters. The smallest absolute Gasteiger partial charge is 0.407 e. The molecule has 8 heteroatoms. The third-order valence-electron chi connectivity index (χ3n) is 4.28. The second-order valence-corrected chi connectivity index (χ2v) is 7.68. The standard InChI is InChI=1S/C17H30N4O4/c1-17(2,3)25-16(24)19-13-7-6-10-21(12-13)15(23)18-11-14(22)20-8-4-5-9-20/h13H,4-12H2,1-3H3,(H,18,23)(H,19,24). The molecular formula is C17H30N4O4. The molecule has 8 nitrogen and oxygen atoms in total. The predicted molar refractivity (Wildman–Crippen MR) is 93.2 cm³/mol. The van der Waals surface area contributed by atoms with Crippen molar-refractivity contribution in [2.24, 2.45) is 0 Å². The summed E-state index contributed by atoms with van der Waals surface area (Å²) in [5, 5.41) is 5.50. The number of amides is 4. The van der Waals surface area contributed by atoms with Crippen LogP contribution >= 0.6 is 0 Å². The Morgan fingerprint density at radius 3 is 2.32 bits per heavy atom. The van der Waals surface area contributed by atoms with E-state index in [-0.39, 0.29) is 24.5 Å². The fraction of sp³-hybridized carbons (Fsp3) is 0.824. The number of rotatable bonds is 3. The molecule has 2 N–H and O–H groups in total. The van der Waals surface area contributed by atoms with Gasteiger partial charge in [-0.2, -0.15) is 0 Å². The maximum absolute atomic E-state index is 12.3. The molecule has 4 amide bonds. The highest BCUT2D eigenvalue weighted by Gasteiger charge is 2.27. The lowest BCUT2D eigenvalue weighted by molar-refractivity contribution is -0.129. The third-order valence-corrected chi connectivity index (χ3v) is 4.28. The van der Waals surface area contributed by atoms with Gasteiger partial charge in [-0.05, 0) is 46.5 Å². The van der Waals surface area contributed by atoms with Gasteiger partial charge in [0.25, 0.3) is 0 Å². The van der Waals surface area contributed by atoms with E-state index < -0.39 is 11.7 Å². The van der Waals surface area contributed by atoms with E-state index in [2.05, 4.69) is 10.6 Å². The van der Waals surface area contributed by atoms with Gasteiger partial charge >= 0.3 is 12.1 Å². The number of nitrogens with zero attached hydrogens (tertiary/aromatic N) is 2. The van der Waals surface area contributed by atoms with Crippen molar-refractivity contribution in [2.45, 2.75) is 58.1 Å². The Morgan fingerprint density at radius 1 is 1.04 bits per heavy atom. The maximum Gasteiger partial charge on any atom is 0.407 e. The highest BCUT2D eigenvalue weighted by atomic mass is 16.6. The van der Waals surface area contributed by atoms with E-state index in [0.717, 1.165) is 38.8 Å². The van der Waals surface area contributed by atoms with Crippen LogP contribution in [0.5, 0.6) is 0 Å². The highest BCUT2D eigenvalue weighted by molar-refractivity contribution is 5.84. The quantitative estimate of drug-likeness (QED) is 0.799. The Hall–Kier alpha value is -1.99. The summed E-state index contributed by atoms with van der Waals surface area (Å²) in [5.74, 6) is -0.0358. The summed E-state index contributed by atoms with van der Waals surface area (Å²) in [5.41, 5.74) is -0.550. The fourth-order valence-electron chi connectivity index (χ4n) is 3.10. The van der Waals surface area contributed by atoms with Crippen molar-refractivity contribution < 1.29 is 19.1 Å². The van der Waals surface area contributed by atoms with Gasteiger partial charge in [0.1, 0.15) is 5.60 Å². The number of carbonyl (C=O) groups excluding carboxylic acids is 3. The van der Waals surface area contributed by atoms with Crippen LogP contribution in [0.4, 0.5) is 9.59 Å². The number of ether oxygens (including phenoxy) is 1. The van der Waals surface area contributed by atoms with Crippen LogP contribution in [0, 0.1) is 0 Å². The van der Waals surface area contributed by atoms with E-state index in [4.69, 9.17) is 4.74 Å². The first-order valence-electron chi connectivity index (χ1n) is 9.05. The molecule has 2 rings (SSSR count). The van der Waals surface area contributed by atoms with Crippen LogP contribution < -0.4 is 10.6 Å². The number of likely N-dealkylation sites (tertiary alicyclic amines) is 2. The summed E-state index contributed by atoms with van der Waals surface area (Å²) in [7, 11) is 0. The van der Waals surface area contributed by atoms with E-state index in [1.165, 1.54) is 0 Å². The van der Waals surface area contributed by atoms with Gasteiger partial charge in [0.15, 0.2) is 0 Å². The summed E-state index contributed by atoms with van der Waals surface area (Å²) >= 11 is 0. The van der Waals surface area contributed by atoms with Crippen LogP contribution in [0.25, 0.3) is 0 Å². The van der Waals surface area contributed by atoms with Gasteiger partial charge in [-0.3, -0.25) is 4.79 Å². The second-order valence-electron chi connectivity index (χ2n) is 7.68. The summed E-state index contributed by atoms with van der Waals surface area (Å²) in [6.45, 7) is 8.05. The first-order chi connectivity index (χ1) is 11.7. The lowest BCUT2D eigenvalue weighted by Crippen LogP contribution is -2.53. The van der Waals surface area contributed by atoms with E-state index >= 15 is 0 Å². The van der Waals surface area contributed by atoms with Crippen molar-refractivity contribution in [3.63, 3.8) is 0 Å². The highest BCUT2D eigenvalue weighted by Crippen LogP contribution is 2.12. The van der Waals surface area contributed by atoms with Crippen molar-refractivity contribution in [1.82, 2.24) is 20.4 Å². The summed E-state index contributed by atoms with van der Waals surface area (Å²) in [6, 6.07) is -0.396. The van der Waals surface area contributed by atoms with Crippen LogP contribution in [0.3, 0.4) is 0 Å². The first kappa shape index (κ1) is 19.3. The van der Waals surface area contributed by atoms with E-state index in [1.54, 1.807) is 9.80 Å². The largest absolute Gasteiger partial charge is 0.444 e. The molecule has 0 aromatic carbocycles. The Balaban J connectivity index is 1.74. The molecule has 142 valence electrons. The van der Waals surface area contributed by atoms with Gasteiger partial charge in [0, 0.05) is 32.2 Å². The second kappa shape index (κ2) is 8.40. The molecule has 0 aromatic rings. The topological polar surface area (TPSA) is 91.0 Å². The Labute approximate surface area is 149 Å². The fourth-order valence-corrected chi connectivity index (χ4v) is 3.10. The van der Waals surface area contributed by atoms with Crippen molar-refractivity contribution in [2.75, 3.05) is 32.7 Å². The molecule has 0 spiro atoms. The molecule has 0 bridgehead atoms. The van der Waals surface area contributed by atoms with Crippen LogP contribution in [0.1, 0.15) is 46.5 Å². The van der Waals surface area contributed by atoms with E-state index in [1.807, 2.05) is 20.8 Å². The molecule has 25 heavy (non-hydrogen) atoms. The first-order valence-corrected chi connectivity index (χ1v) is 9.05. The Bertz CT molecular complexity index is 497. The average Bonchev–Trinajstić information content (AvgIpc) is 3.05. The number of carbonyl (C=O) groups is 3. The van der Waals surface area contributed by atoms with Gasteiger partial charge < -0.3 is 25.2 Å². The lowest BCUT2D eigenvalue weighted by Gasteiger charge is -2.33. The normalized spacial score (nSPS) is 21.0. The molecule has 2 aliphatic rings. The number of hydrogen-bond acceptors (Lipinski definition) is 4. The minimum absolute atomic E-state index is 0.0273. The molecule has 2 fully saturated rings. The number of nitrogens with one attached hydrogen (secondary N) is 2. The lowest BCUT2D eigenvalue weighted by atomic mass is 10.1. The predicted octanol–water partition coefficient (Wildman–Crippen LogP) is 1.31. The number of hydrogen-bond donors (Lipinski definition) is 2. The molecule has 0 radical (unpaired) electrons. The minimum Gasteiger partial charge on any atom is -0.444 e. The Kier molecular flexibility index (Phi) is 6.50. The molecule has 2 aliphatic heterocycles. The van der Waals surface area contributed by atoms with Crippen molar-refractivity contribution in [1.29, 1.82) is 0 Å². The molecule has 2 saturated heterocycles. The average molecular weight is 354 g/mol. The minimum atomic E-state index is -0.550. The van der Waals surface area contributed by atoms with Gasteiger partial charge in [0.05, 0.1) is 6.54 Å². The van der Waals surface area contributed by atoms with Crippen LogP contribution in [0.2, 0.25) is 0 Å². The molecule has 0 aromatic heterocycles. The van der Waals surface area contributed by atoms with Gasteiger partial charge in [-0.15, -0.1) is 0 Å². The van der Waals surface area contributed by atoms with Gasteiger partial charge in [0.2, 0.25) is 5.91 Å². The Morgan fingerprint density at radius 2 is 1.68 bits per heavy atom. The summed E-state index contributed by atoms with van der Waals surface area (Å²) < 4.78 is 5.25. The zero-order valence-corrected chi connectivity index (χ0v) is 15.5. The van der Waals surface area contributed by atoms with Crippen LogP contribution in [0.15, 0.2) is 0 Å². The molecule has 1 unspecified atom stereocenters. The zero-order chi connectivity index (χ0) is 18.4. The van der Waals surface area contributed by atoms with E-state index in [0.29, 0.717) is 13.1 Å². The molecule has 0 aliphatic carbocycles. The molecule has 2 heterocycles. The molecule has 0 saturated carbocycles. The van der Waals surface area contributed by atoms with Gasteiger partial charge in [-0.25, -0.2) is 9.59 Å². The van der Waals surface area contributed by atoms with Crippen molar-refractivity contribution in [3.8, 4) is 0 Å². The number of alkyl carbamates (subject to hydrolysis) is 1.